The Morgan fingerprint density at radius 3 is 3.00 bits per heavy atom. The molecule has 0 bridgehead atoms. The summed E-state index contributed by atoms with van der Waals surface area (Å²) in [4.78, 5) is 19.7. The molecule has 1 N–H and O–H groups in total. The van der Waals surface area contributed by atoms with Crippen LogP contribution in [0.25, 0.3) is 0 Å². The van der Waals surface area contributed by atoms with Crippen molar-refractivity contribution in [2.75, 3.05) is 0 Å². The predicted octanol–water partition coefficient (Wildman–Crippen LogP) is 3.12. The molecule has 4 nitrogen and oxygen atoms in total. The van der Waals surface area contributed by atoms with Crippen LogP contribution in [0.4, 0.5) is 0 Å². The molecule has 2 rings (SSSR count). The number of aromatic carboxylic acids is 1. The van der Waals surface area contributed by atoms with Gasteiger partial charge < -0.3 is 5.11 Å². The number of hydrogen-bond acceptors (Lipinski definition) is 4. The maximum absolute atomic E-state index is 11.0. The van der Waals surface area contributed by atoms with E-state index in [1.807, 2.05) is 18.2 Å². The summed E-state index contributed by atoms with van der Waals surface area (Å²) in [5, 5.41) is 9.65. The average Bonchev–Trinajstić information content (AvgIpc) is 2.37. The molecule has 18 heavy (non-hydrogen) atoms. The highest BCUT2D eigenvalue weighted by Gasteiger charge is 2.11. The molecule has 2 aromatic rings. The van der Waals surface area contributed by atoms with Crippen molar-refractivity contribution in [1.29, 1.82) is 0 Å². The Morgan fingerprint density at radius 1 is 1.44 bits per heavy atom. The number of carboxylic acid groups (broad SMARTS) is 1. The quantitative estimate of drug-likeness (QED) is 0.872. The molecule has 0 saturated carbocycles. The van der Waals surface area contributed by atoms with Crippen LogP contribution in [0.1, 0.15) is 16.1 Å². The van der Waals surface area contributed by atoms with E-state index in [-0.39, 0.29) is 5.56 Å². The first-order chi connectivity index (χ1) is 8.66. The van der Waals surface area contributed by atoms with Gasteiger partial charge in [0.05, 0.1) is 5.69 Å². The summed E-state index contributed by atoms with van der Waals surface area (Å²) >= 11 is 7.36. The first-order valence-corrected chi connectivity index (χ1v) is 6.43. The molecule has 0 fully saturated rings. The Kier molecular flexibility index (Phi) is 4.17. The second-order valence-electron chi connectivity index (χ2n) is 3.43. The monoisotopic (exact) mass is 280 g/mol. The van der Waals surface area contributed by atoms with E-state index in [2.05, 4.69) is 9.97 Å². The molecule has 0 saturated heterocycles. The summed E-state index contributed by atoms with van der Waals surface area (Å²) in [5.41, 5.74) is 0.634. The van der Waals surface area contributed by atoms with Crippen molar-refractivity contribution < 1.29 is 9.90 Å². The number of carboxylic acids is 1. The van der Waals surface area contributed by atoms with Crippen LogP contribution in [0.5, 0.6) is 0 Å². The minimum Gasteiger partial charge on any atom is -0.478 e. The predicted molar refractivity (Wildman–Crippen MR) is 70.0 cm³/mol. The zero-order valence-corrected chi connectivity index (χ0v) is 10.8. The lowest BCUT2D eigenvalue weighted by Crippen LogP contribution is -2.04. The van der Waals surface area contributed by atoms with Gasteiger partial charge in [0.1, 0.15) is 11.9 Å². The third kappa shape index (κ3) is 3.21. The summed E-state index contributed by atoms with van der Waals surface area (Å²) < 4.78 is 0. The molecule has 0 atom stereocenters. The van der Waals surface area contributed by atoms with Gasteiger partial charge in [0.25, 0.3) is 0 Å². The zero-order chi connectivity index (χ0) is 13.0. The van der Waals surface area contributed by atoms with Crippen LogP contribution in [0.3, 0.4) is 0 Å². The molecule has 92 valence electrons. The lowest BCUT2D eigenvalue weighted by atomic mass is 10.2. The number of hydrogen-bond donors (Lipinski definition) is 1. The summed E-state index contributed by atoms with van der Waals surface area (Å²) in [5.74, 6) is -0.554. The van der Waals surface area contributed by atoms with Crippen molar-refractivity contribution in [3.05, 3.63) is 53.1 Å². The van der Waals surface area contributed by atoms with Gasteiger partial charge in [-0.1, -0.05) is 17.7 Å². The fourth-order valence-electron chi connectivity index (χ4n) is 1.36. The van der Waals surface area contributed by atoms with E-state index in [4.69, 9.17) is 16.7 Å². The first kappa shape index (κ1) is 12.9. The third-order valence-electron chi connectivity index (χ3n) is 2.20. The topological polar surface area (TPSA) is 63.1 Å². The maximum atomic E-state index is 11.0. The molecule has 0 aliphatic rings. The lowest BCUT2D eigenvalue weighted by Gasteiger charge is -2.04. The SMILES string of the molecule is O=C(O)c1cncnc1CSc1cccc(Cl)c1. The van der Waals surface area contributed by atoms with Gasteiger partial charge in [-0.2, -0.15) is 0 Å². The number of rotatable bonds is 4. The van der Waals surface area contributed by atoms with Gasteiger partial charge in [-0.25, -0.2) is 14.8 Å². The van der Waals surface area contributed by atoms with Crippen LogP contribution in [0, 0.1) is 0 Å². The Labute approximate surface area is 113 Å². The number of nitrogens with zero attached hydrogens (tertiary/aromatic N) is 2. The second-order valence-corrected chi connectivity index (χ2v) is 4.92. The van der Waals surface area contributed by atoms with Crippen molar-refractivity contribution >= 4 is 29.3 Å². The number of carbonyl (C=O) groups is 1. The molecule has 1 aromatic carbocycles. The normalized spacial score (nSPS) is 10.3. The smallest absolute Gasteiger partial charge is 0.339 e. The number of halogens is 1. The van der Waals surface area contributed by atoms with Crippen LogP contribution >= 0.6 is 23.4 Å². The molecule has 0 spiro atoms. The summed E-state index contributed by atoms with van der Waals surface area (Å²) in [7, 11) is 0. The van der Waals surface area contributed by atoms with E-state index >= 15 is 0 Å². The fraction of sp³-hybridized carbons (Fsp3) is 0.0833. The Hall–Kier alpha value is -1.59. The summed E-state index contributed by atoms with van der Waals surface area (Å²) in [6.07, 6.45) is 2.66. The Bertz CT molecular complexity index is 578. The Morgan fingerprint density at radius 2 is 2.28 bits per heavy atom. The molecular formula is C12H9ClN2O2S. The molecule has 0 amide bonds. The highest BCUT2D eigenvalue weighted by Crippen LogP contribution is 2.25. The van der Waals surface area contributed by atoms with Crippen LogP contribution in [0.15, 0.2) is 41.7 Å². The van der Waals surface area contributed by atoms with E-state index < -0.39 is 5.97 Å². The van der Waals surface area contributed by atoms with E-state index in [0.717, 1.165) is 4.90 Å². The molecule has 0 unspecified atom stereocenters. The molecule has 0 radical (unpaired) electrons. The molecule has 0 aliphatic heterocycles. The van der Waals surface area contributed by atoms with Crippen LogP contribution < -0.4 is 0 Å². The average molecular weight is 281 g/mol. The third-order valence-corrected chi connectivity index (χ3v) is 3.44. The van der Waals surface area contributed by atoms with E-state index in [1.54, 1.807) is 6.07 Å². The van der Waals surface area contributed by atoms with Gasteiger partial charge in [0.2, 0.25) is 0 Å². The highest BCUT2D eigenvalue weighted by atomic mass is 35.5. The molecule has 6 heteroatoms. The molecule has 1 aromatic heterocycles. The summed E-state index contributed by atoms with van der Waals surface area (Å²) in [6.45, 7) is 0. The van der Waals surface area contributed by atoms with Crippen molar-refractivity contribution in [3.8, 4) is 0 Å². The van der Waals surface area contributed by atoms with Crippen molar-refractivity contribution in [3.63, 3.8) is 0 Å². The maximum Gasteiger partial charge on any atom is 0.339 e. The largest absolute Gasteiger partial charge is 0.478 e. The molecule has 0 aliphatic carbocycles. The standard InChI is InChI=1S/C12H9ClN2O2S/c13-8-2-1-3-9(4-8)18-6-11-10(12(16)17)5-14-7-15-11/h1-5,7H,6H2,(H,16,17). The van der Waals surface area contributed by atoms with Crippen LogP contribution in [-0.2, 0) is 5.75 Å². The highest BCUT2D eigenvalue weighted by molar-refractivity contribution is 7.98. The van der Waals surface area contributed by atoms with Crippen molar-refractivity contribution in [2.45, 2.75) is 10.6 Å². The minimum absolute atomic E-state index is 0.132. The van der Waals surface area contributed by atoms with Crippen molar-refractivity contribution in [2.24, 2.45) is 0 Å². The van der Waals surface area contributed by atoms with Gasteiger partial charge in [0, 0.05) is 21.9 Å². The van der Waals surface area contributed by atoms with Crippen LogP contribution in [0.2, 0.25) is 5.02 Å². The molecule has 1 heterocycles. The van der Waals surface area contributed by atoms with E-state index in [9.17, 15) is 4.79 Å². The number of thioether (sulfide) groups is 1. The first-order valence-electron chi connectivity index (χ1n) is 5.07. The number of aromatic nitrogens is 2. The second kappa shape index (κ2) is 5.84. The molecular weight excluding hydrogens is 272 g/mol. The Balaban J connectivity index is 2.13. The van der Waals surface area contributed by atoms with E-state index in [0.29, 0.717) is 16.5 Å². The minimum atomic E-state index is -1.02. The summed E-state index contributed by atoms with van der Waals surface area (Å²) in [6, 6.07) is 7.38. The van der Waals surface area contributed by atoms with Gasteiger partial charge in [-0.15, -0.1) is 11.8 Å². The van der Waals surface area contributed by atoms with E-state index in [1.165, 1.54) is 24.3 Å². The number of benzene rings is 1. The van der Waals surface area contributed by atoms with Crippen molar-refractivity contribution in [1.82, 2.24) is 9.97 Å². The van der Waals surface area contributed by atoms with Gasteiger partial charge in [0.15, 0.2) is 0 Å². The van der Waals surface area contributed by atoms with Gasteiger partial charge in [-0.3, -0.25) is 0 Å². The van der Waals surface area contributed by atoms with Crippen LogP contribution in [-0.4, -0.2) is 21.0 Å². The lowest BCUT2D eigenvalue weighted by molar-refractivity contribution is 0.0695. The fourth-order valence-corrected chi connectivity index (χ4v) is 2.53. The van der Waals surface area contributed by atoms with Gasteiger partial charge >= 0.3 is 5.97 Å². The van der Waals surface area contributed by atoms with Gasteiger partial charge in [-0.05, 0) is 18.2 Å². The zero-order valence-electron chi connectivity index (χ0n) is 9.21.